The summed E-state index contributed by atoms with van der Waals surface area (Å²) < 4.78 is 0. The van der Waals surface area contributed by atoms with Crippen LogP contribution in [0.1, 0.15) is 32.6 Å². The van der Waals surface area contributed by atoms with Gasteiger partial charge in [0.05, 0.1) is 0 Å². The van der Waals surface area contributed by atoms with Gasteiger partial charge in [-0.3, -0.25) is 5.43 Å². The largest absolute Gasteiger partial charge is 0.375 e. The predicted octanol–water partition coefficient (Wildman–Crippen LogP) is 1.39. The van der Waals surface area contributed by atoms with Gasteiger partial charge in [0.2, 0.25) is 0 Å². The summed E-state index contributed by atoms with van der Waals surface area (Å²) in [5, 5.41) is 4.02. The summed E-state index contributed by atoms with van der Waals surface area (Å²) in [6.45, 7) is 2.17. The van der Waals surface area contributed by atoms with Crippen LogP contribution in [0.3, 0.4) is 0 Å². The Balaban J connectivity index is 3.10. The van der Waals surface area contributed by atoms with E-state index in [1.807, 2.05) is 0 Å². The molecule has 0 atom stereocenters. The Morgan fingerprint density at radius 1 is 1.64 bits per heavy atom. The maximum Gasteiger partial charge on any atom is 0.184 e. The van der Waals surface area contributed by atoms with Crippen LogP contribution in [-0.4, -0.2) is 11.3 Å². The van der Waals surface area contributed by atoms with Crippen molar-refractivity contribution in [2.75, 3.05) is 0 Å². The minimum Gasteiger partial charge on any atom is -0.375 e. The average molecular weight is 173 g/mol. The van der Waals surface area contributed by atoms with Gasteiger partial charge in [0.25, 0.3) is 0 Å². The number of nitrogens with two attached hydrogens (primary N) is 1. The van der Waals surface area contributed by atoms with Crippen LogP contribution in [0.2, 0.25) is 0 Å². The van der Waals surface area contributed by atoms with E-state index in [1.54, 1.807) is 6.21 Å². The molecular formula is C7H15N3S. The number of rotatable bonds is 5. The fourth-order valence-corrected chi connectivity index (χ4v) is 0.712. The van der Waals surface area contributed by atoms with Crippen LogP contribution < -0.4 is 11.2 Å². The van der Waals surface area contributed by atoms with Crippen molar-refractivity contribution in [2.45, 2.75) is 32.6 Å². The van der Waals surface area contributed by atoms with Gasteiger partial charge in [0.15, 0.2) is 5.11 Å². The molecule has 0 radical (unpaired) electrons. The van der Waals surface area contributed by atoms with E-state index in [1.165, 1.54) is 19.3 Å². The fraction of sp³-hybridized carbons (Fsp3) is 0.714. The number of hydrogen-bond donors (Lipinski definition) is 2. The Kier molecular flexibility index (Phi) is 7.03. The number of unbranched alkanes of at least 4 members (excludes halogenated alkanes) is 3. The molecule has 0 aliphatic heterocycles. The third-order valence-electron chi connectivity index (χ3n) is 1.20. The van der Waals surface area contributed by atoms with E-state index < -0.39 is 0 Å². The van der Waals surface area contributed by atoms with Crippen molar-refractivity contribution in [2.24, 2.45) is 10.8 Å². The lowest BCUT2D eigenvalue weighted by Gasteiger charge is -1.93. The van der Waals surface area contributed by atoms with Gasteiger partial charge in [0, 0.05) is 6.21 Å². The Morgan fingerprint density at radius 3 is 2.91 bits per heavy atom. The Hall–Kier alpha value is -0.640. The number of thiocarbonyl (C=S) groups is 1. The zero-order valence-corrected chi connectivity index (χ0v) is 7.66. The number of hydrogen-bond acceptors (Lipinski definition) is 2. The normalized spacial score (nSPS) is 10.3. The maximum atomic E-state index is 5.14. The van der Waals surface area contributed by atoms with E-state index >= 15 is 0 Å². The smallest absolute Gasteiger partial charge is 0.184 e. The lowest BCUT2D eigenvalue weighted by molar-refractivity contribution is 0.744. The molecule has 0 aliphatic rings. The third-order valence-corrected chi connectivity index (χ3v) is 1.29. The van der Waals surface area contributed by atoms with Crippen molar-refractivity contribution < 1.29 is 0 Å². The molecule has 0 unspecified atom stereocenters. The summed E-state index contributed by atoms with van der Waals surface area (Å²) in [6, 6.07) is 0. The van der Waals surface area contributed by atoms with Crippen LogP contribution in [0.25, 0.3) is 0 Å². The van der Waals surface area contributed by atoms with Gasteiger partial charge < -0.3 is 5.73 Å². The molecule has 11 heavy (non-hydrogen) atoms. The number of nitrogens with one attached hydrogen (secondary N) is 1. The van der Waals surface area contributed by atoms with Crippen molar-refractivity contribution >= 4 is 23.5 Å². The zero-order chi connectivity index (χ0) is 8.53. The second-order valence-electron chi connectivity index (χ2n) is 2.28. The van der Waals surface area contributed by atoms with Crippen molar-refractivity contribution in [3.05, 3.63) is 0 Å². The van der Waals surface area contributed by atoms with Crippen LogP contribution in [0.4, 0.5) is 0 Å². The molecule has 0 amide bonds. The summed E-state index contributed by atoms with van der Waals surface area (Å²) in [4.78, 5) is 0. The van der Waals surface area contributed by atoms with Gasteiger partial charge in [-0.15, -0.1) is 0 Å². The molecule has 0 aliphatic carbocycles. The monoisotopic (exact) mass is 173 g/mol. The van der Waals surface area contributed by atoms with E-state index in [9.17, 15) is 0 Å². The number of hydrazone groups is 1. The molecule has 64 valence electrons. The van der Waals surface area contributed by atoms with Gasteiger partial charge in [-0.05, 0) is 25.1 Å². The van der Waals surface area contributed by atoms with Crippen molar-refractivity contribution in [1.82, 2.24) is 5.43 Å². The average Bonchev–Trinajstić information content (AvgIpc) is 1.96. The molecule has 0 rings (SSSR count). The molecule has 4 heteroatoms. The van der Waals surface area contributed by atoms with Gasteiger partial charge >= 0.3 is 0 Å². The highest BCUT2D eigenvalue weighted by Gasteiger charge is 1.82. The lowest BCUT2D eigenvalue weighted by Crippen LogP contribution is -2.23. The van der Waals surface area contributed by atoms with E-state index in [4.69, 9.17) is 5.73 Å². The highest BCUT2D eigenvalue weighted by Crippen LogP contribution is 1.95. The molecule has 0 aromatic rings. The molecule has 0 bridgehead atoms. The lowest BCUT2D eigenvalue weighted by atomic mass is 10.2. The minimum atomic E-state index is 0.219. The molecule has 0 fully saturated rings. The van der Waals surface area contributed by atoms with Crippen molar-refractivity contribution in [3.8, 4) is 0 Å². The summed E-state index contributed by atoms with van der Waals surface area (Å²) in [5.41, 5.74) is 7.64. The van der Waals surface area contributed by atoms with Crippen LogP contribution in [0.15, 0.2) is 5.10 Å². The highest BCUT2D eigenvalue weighted by molar-refractivity contribution is 7.80. The van der Waals surface area contributed by atoms with Crippen molar-refractivity contribution in [3.63, 3.8) is 0 Å². The van der Waals surface area contributed by atoms with E-state index in [0.717, 1.165) is 6.42 Å². The molecule has 3 N–H and O–H groups in total. The molecular weight excluding hydrogens is 158 g/mol. The van der Waals surface area contributed by atoms with E-state index in [0.29, 0.717) is 0 Å². The number of nitrogens with zero attached hydrogens (tertiary/aromatic N) is 1. The van der Waals surface area contributed by atoms with E-state index in [2.05, 4.69) is 29.7 Å². The van der Waals surface area contributed by atoms with Crippen LogP contribution in [0, 0.1) is 0 Å². The minimum absolute atomic E-state index is 0.219. The first kappa shape index (κ1) is 10.4. The molecule has 0 heterocycles. The molecule has 0 spiro atoms. The van der Waals surface area contributed by atoms with Gasteiger partial charge in [-0.1, -0.05) is 19.8 Å². The third kappa shape index (κ3) is 9.36. The summed E-state index contributed by atoms with van der Waals surface area (Å²) in [5.74, 6) is 0. The highest BCUT2D eigenvalue weighted by atomic mass is 32.1. The molecule has 0 saturated carbocycles. The second kappa shape index (κ2) is 7.47. The van der Waals surface area contributed by atoms with Gasteiger partial charge in [-0.25, -0.2) is 0 Å². The Bertz CT molecular complexity index is 134. The molecule has 0 aromatic heterocycles. The standard InChI is InChI=1S/C7H15N3S/c1-2-3-4-5-6-9-10-7(8)11/h6H,2-5H2,1H3,(H3,8,10,11)/b9-6+. The first-order valence-electron chi connectivity index (χ1n) is 3.84. The zero-order valence-electron chi connectivity index (χ0n) is 6.84. The Morgan fingerprint density at radius 2 is 2.36 bits per heavy atom. The summed E-state index contributed by atoms with van der Waals surface area (Å²) in [7, 11) is 0. The first-order chi connectivity index (χ1) is 5.27. The topological polar surface area (TPSA) is 50.4 Å². The molecule has 0 aromatic carbocycles. The molecule has 3 nitrogen and oxygen atoms in total. The van der Waals surface area contributed by atoms with Crippen molar-refractivity contribution in [1.29, 1.82) is 0 Å². The fourth-order valence-electron chi connectivity index (χ4n) is 0.659. The van der Waals surface area contributed by atoms with Crippen LogP contribution >= 0.6 is 12.2 Å². The SMILES string of the molecule is CCCCC/C=N/NC(N)=S. The Labute approximate surface area is 73.0 Å². The molecule has 0 saturated heterocycles. The van der Waals surface area contributed by atoms with Crippen LogP contribution in [-0.2, 0) is 0 Å². The predicted molar refractivity (Wildman–Crippen MR) is 52.6 cm³/mol. The van der Waals surface area contributed by atoms with E-state index in [-0.39, 0.29) is 5.11 Å². The second-order valence-corrected chi connectivity index (χ2v) is 2.72. The van der Waals surface area contributed by atoms with Gasteiger partial charge in [-0.2, -0.15) is 5.10 Å². The summed E-state index contributed by atoms with van der Waals surface area (Å²) in [6.07, 6.45) is 6.45. The quantitative estimate of drug-likeness (QED) is 0.286. The maximum absolute atomic E-state index is 5.14. The first-order valence-corrected chi connectivity index (χ1v) is 4.25. The summed E-state index contributed by atoms with van der Waals surface area (Å²) >= 11 is 4.55. The van der Waals surface area contributed by atoms with Gasteiger partial charge in [0.1, 0.15) is 0 Å². The van der Waals surface area contributed by atoms with Crippen LogP contribution in [0.5, 0.6) is 0 Å².